The van der Waals surface area contributed by atoms with Crippen molar-refractivity contribution >= 4 is 33.2 Å². The third-order valence-corrected chi connectivity index (χ3v) is 6.38. The lowest BCUT2D eigenvalue weighted by Crippen LogP contribution is -2.24. The number of nitro groups is 1. The minimum Gasteiger partial charge on any atom is -0.469 e. The number of nitrogens with zero attached hydrogens (tertiary/aromatic N) is 2. The van der Waals surface area contributed by atoms with Gasteiger partial charge in [0.25, 0.3) is 5.69 Å². The van der Waals surface area contributed by atoms with Gasteiger partial charge in [-0.2, -0.15) is 0 Å². The Labute approximate surface area is 205 Å². The maximum atomic E-state index is 11.4. The monoisotopic (exact) mass is 470 g/mol. The van der Waals surface area contributed by atoms with Crippen LogP contribution < -0.4 is 0 Å². The molecule has 0 atom stereocenters. The molecule has 0 heterocycles. The number of nitro benzene ring substituents is 1. The van der Waals surface area contributed by atoms with Crippen molar-refractivity contribution in [2.75, 3.05) is 13.7 Å². The lowest BCUT2D eigenvalue weighted by molar-refractivity contribution is -0.384. The predicted molar refractivity (Wildman–Crippen MR) is 139 cm³/mol. The van der Waals surface area contributed by atoms with Gasteiger partial charge in [0.2, 0.25) is 0 Å². The van der Waals surface area contributed by atoms with Gasteiger partial charge >= 0.3 is 5.97 Å². The smallest absolute Gasteiger partial charge is 0.305 e. The van der Waals surface area contributed by atoms with Crippen molar-refractivity contribution in [2.45, 2.75) is 38.8 Å². The Morgan fingerprint density at radius 1 is 0.857 bits per heavy atom. The first kappa shape index (κ1) is 24.4. The lowest BCUT2D eigenvalue weighted by Gasteiger charge is -2.24. The van der Waals surface area contributed by atoms with E-state index in [1.54, 1.807) is 12.1 Å². The lowest BCUT2D eigenvalue weighted by atomic mass is 9.97. The molecule has 0 spiro atoms. The number of esters is 1. The summed E-state index contributed by atoms with van der Waals surface area (Å²) in [6.07, 6.45) is 3.13. The van der Waals surface area contributed by atoms with E-state index in [9.17, 15) is 14.9 Å². The summed E-state index contributed by atoms with van der Waals surface area (Å²) in [6.45, 7) is 2.31. The Kier molecular flexibility index (Phi) is 8.06. The molecule has 6 heteroatoms. The fourth-order valence-electron chi connectivity index (χ4n) is 4.58. The van der Waals surface area contributed by atoms with Crippen LogP contribution in [-0.2, 0) is 22.6 Å². The molecule has 0 amide bonds. The third-order valence-electron chi connectivity index (χ3n) is 6.38. The first-order valence-electron chi connectivity index (χ1n) is 12.0. The molecule has 0 fully saturated rings. The molecule has 4 aromatic carbocycles. The van der Waals surface area contributed by atoms with Gasteiger partial charge in [-0.05, 0) is 58.1 Å². The van der Waals surface area contributed by atoms with Gasteiger partial charge in [-0.1, -0.05) is 67.1 Å². The molecule has 0 aliphatic carbocycles. The molecule has 6 nitrogen and oxygen atoms in total. The number of unbranched alkanes of at least 4 members (excludes halogenated alkanes) is 2. The number of hydrogen-bond donors (Lipinski definition) is 0. The number of methoxy groups -OCH3 is 1. The summed E-state index contributed by atoms with van der Waals surface area (Å²) in [5.74, 6) is -0.171. The van der Waals surface area contributed by atoms with Crippen molar-refractivity contribution < 1.29 is 14.5 Å². The molecule has 35 heavy (non-hydrogen) atoms. The van der Waals surface area contributed by atoms with Crippen LogP contribution in [0.4, 0.5) is 5.69 Å². The van der Waals surface area contributed by atoms with Gasteiger partial charge in [-0.25, -0.2) is 0 Å². The Morgan fingerprint density at radius 2 is 1.54 bits per heavy atom. The van der Waals surface area contributed by atoms with Gasteiger partial charge in [-0.3, -0.25) is 19.8 Å². The number of rotatable bonds is 11. The number of benzene rings is 4. The van der Waals surface area contributed by atoms with E-state index in [1.807, 2.05) is 12.1 Å². The maximum absolute atomic E-state index is 11.4. The largest absolute Gasteiger partial charge is 0.469 e. The Balaban J connectivity index is 1.57. The van der Waals surface area contributed by atoms with E-state index in [-0.39, 0.29) is 16.6 Å². The first-order valence-corrected chi connectivity index (χ1v) is 12.0. The molecular formula is C29H30N2O4. The number of hydrogen-bond acceptors (Lipinski definition) is 5. The van der Waals surface area contributed by atoms with Gasteiger partial charge < -0.3 is 4.74 Å². The zero-order valence-electron chi connectivity index (χ0n) is 20.0. The Morgan fingerprint density at radius 3 is 2.26 bits per heavy atom. The molecule has 0 saturated carbocycles. The van der Waals surface area contributed by atoms with Gasteiger partial charge in [-0.15, -0.1) is 0 Å². The van der Waals surface area contributed by atoms with E-state index in [1.165, 1.54) is 34.2 Å². The van der Waals surface area contributed by atoms with Crippen LogP contribution in [0.5, 0.6) is 0 Å². The van der Waals surface area contributed by atoms with Gasteiger partial charge in [0.05, 0.1) is 12.0 Å². The van der Waals surface area contributed by atoms with Crippen LogP contribution in [0.2, 0.25) is 0 Å². The number of fused-ring (bicyclic) bond motifs is 3. The highest BCUT2D eigenvalue weighted by Gasteiger charge is 2.13. The number of carbonyl (C=O) groups is 1. The van der Waals surface area contributed by atoms with Crippen LogP contribution in [0.15, 0.2) is 78.9 Å². The van der Waals surface area contributed by atoms with Gasteiger partial charge in [0, 0.05) is 31.6 Å². The van der Waals surface area contributed by atoms with Crippen molar-refractivity contribution in [3.05, 3.63) is 100 Å². The molecule has 4 aromatic rings. The highest BCUT2D eigenvalue weighted by Crippen LogP contribution is 2.30. The summed E-state index contributed by atoms with van der Waals surface area (Å²) in [4.78, 5) is 24.5. The fourth-order valence-corrected chi connectivity index (χ4v) is 4.58. The number of non-ortho nitro benzene ring substituents is 1. The molecule has 0 radical (unpaired) electrons. The van der Waals surface area contributed by atoms with Crippen molar-refractivity contribution in [2.24, 2.45) is 0 Å². The second kappa shape index (κ2) is 11.6. The van der Waals surface area contributed by atoms with Gasteiger partial charge in [0.1, 0.15) is 0 Å². The standard InChI is InChI=1S/C29H30N2O4/c1-35-29(32)13-3-2-8-18-30(20-22-14-16-25(17-15-22)31(33)34)21-24-19-23-9-4-5-10-26(23)28-12-7-6-11-27(24)28/h4-7,9-12,14-17,19H,2-3,8,13,18,20-21H2,1H3. The molecule has 4 rings (SSSR count). The van der Waals surface area contributed by atoms with Crippen LogP contribution in [0.3, 0.4) is 0 Å². The zero-order valence-corrected chi connectivity index (χ0v) is 20.0. The minimum atomic E-state index is -0.371. The minimum absolute atomic E-state index is 0.101. The van der Waals surface area contributed by atoms with E-state index >= 15 is 0 Å². The van der Waals surface area contributed by atoms with Crippen molar-refractivity contribution in [1.82, 2.24) is 4.90 Å². The predicted octanol–water partition coefficient (Wildman–Crippen LogP) is 6.64. The second-order valence-corrected chi connectivity index (χ2v) is 8.82. The summed E-state index contributed by atoms with van der Waals surface area (Å²) in [5.41, 5.74) is 2.40. The Bertz CT molecular complexity index is 1320. The summed E-state index contributed by atoms with van der Waals surface area (Å²) in [6, 6.07) is 26.0. The van der Waals surface area contributed by atoms with E-state index in [2.05, 4.69) is 59.5 Å². The second-order valence-electron chi connectivity index (χ2n) is 8.82. The summed E-state index contributed by atoms with van der Waals surface area (Å²) in [5, 5.41) is 16.0. The summed E-state index contributed by atoms with van der Waals surface area (Å²) >= 11 is 0. The van der Waals surface area contributed by atoms with Gasteiger partial charge in [0.15, 0.2) is 0 Å². The molecule has 0 aliphatic heterocycles. The van der Waals surface area contributed by atoms with Crippen LogP contribution in [0.1, 0.15) is 36.8 Å². The SMILES string of the molecule is COC(=O)CCCCCN(Cc1ccc([N+](=O)[O-])cc1)Cc1cc2ccccc2c2ccccc12. The molecule has 0 unspecified atom stereocenters. The molecule has 0 bridgehead atoms. The van der Waals surface area contributed by atoms with Crippen LogP contribution in [-0.4, -0.2) is 29.4 Å². The van der Waals surface area contributed by atoms with Crippen LogP contribution in [0.25, 0.3) is 21.5 Å². The van der Waals surface area contributed by atoms with Crippen molar-refractivity contribution in [1.29, 1.82) is 0 Å². The quantitative estimate of drug-likeness (QED) is 0.0808. The molecule has 0 saturated heterocycles. The van der Waals surface area contributed by atoms with E-state index < -0.39 is 0 Å². The first-order chi connectivity index (χ1) is 17.0. The molecule has 0 N–H and O–H groups in total. The van der Waals surface area contributed by atoms with E-state index in [0.717, 1.165) is 37.9 Å². The third kappa shape index (κ3) is 6.22. The number of carbonyl (C=O) groups excluding carboxylic acids is 1. The highest BCUT2D eigenvalue weighted by molar-refractivity contribution is 6.08. The molecule has 0 aliphatic rings. The molecular weight excluding hydrogens is 440 g/mol. The maximum Gasteiger partial charge on any atom is 0.305 e. The van der Waals surface area contributed by atoms with Crippen molar-refractivity contribution in [3.8, 4) is 0 Å². The molecule has 0 aromatic heterocycles. The highest BCUT2D eigenvalue weighted by atomic mass is 16.6. The van der Waals surface area contributed by atoms with Crippen molar-refractivity contribution in [3.63, 3.8) is 0 Å². The zero-order chi connectivity index (χ0) is 24.6. The average Bonchev–Trinajstić information content (AvgIpc) is 2.88. The van der Waals surface area contributed by atoms with Crippen LogP contribution in [0, 0.1) is 10.1 Å². The van der Waals surface area contributed by atoms with Crippen LogP contribution >= 0.6 is 0 Å². The normalized spacial score (nSPS) is 11.3. The van der Waals surface area contributed by atoms with E-state index in [0.29, 0.717) is 13.0 Å². The fraction of sp³-hybridized carbons (Fsp3) is 0.276. The van der Waals surface area contributed by atoms with E-state index in [4.69, 9.17) is 4.74 Å². The Hall–Kier alpha value is -3.77. The summed E-state index contributed by atoms with van der Waals surface area (Å²) < 4.78 is 4.74. The summed E-state index contributed by atoms with van der Waals surface area (Å²) in [7, 11) is 1.42. The molecule has 180 valence electrons. The topological polar surface area (TPSA) is 72.7 Å². The average molecular weight is 471 g/mol. The number of ether oxygens (including phenoxy) is 1.